The minimum absolute atomic E-state index is 0.125. The Hall–Kier alpha value is -2.52. The molecule has 8 heteroatoms. The molecular weight excluding hydrogens is 429 g/mol. The van der Waals surface area contributed by atoms with E-state index in [2.05, 4.69) is 5.32 Å². The van der Waals surface area contributed by atoms with Gasteiger partial charge in [0.25, 0.3) is 0 Å². The van der Waals surface area contributed by atoms with Crippen LogP contribution in [0.25, 0.3) is 11.1 Å². The minimum atomic E-state index is -1.31. The molecule has 7 nitrogen and oxygen atoms in total. The number of hydrogen-bond acceptors (Lipinski definition) is 6. The van der Waals surface area contributed by atoms with E-state index < -0.39 is 30.7 Å². The predicted octanol–water partition coefficient (Wildman–Crippen LogP) is 2.81. The molecule has 33 heavy (non-hydrogen) atoms. The molecule has 1 aliphatic heterocycles. The van der Waals surface area contributed by atoms with E-state index in [4.69, 9.17) is 14.2 Å². The lowest BCUT2D eigenvalue weighted by Gasteiger charge is -2.41. The van der Waals surface area contributed by atoms with Crippen LogP contribution in [0.4, 0.5) is 4.39 Å². The topological polar surface area (TPSA) is 97.3 Å². The molecule has 1 fully saturated rings. The molecule has 3 rings (SSSR count). The van der Waals surface area contributed by atoms with E-state index >= 15 is 0 Å². The van der Waals surface area contributed by atoms with Crippen molar-refractivity contribution in [3.63, 3.8) is 0 Å². The summed E-state index contributed by atoms with van der Waals surface area (Å²) in [5.74, 6) is -0.0889. The Morgan fingerprint density at radius 2 is 1.97 bits per heavy atom. The van der Waals surface area contributed by atoms with Crippen LogP contribution in [0, 0.1) is 5.82 Å². The highest BCUT2D eigenvalue weighted by Gasteiger charge is 2.45. The summed E-state index contributed by atoms with van der Waals surface area (Å²) in [6.45, 7) is 3.88. The first-order valence-corrected chi connectivity index (χ1v) is 11.2. The van der Waals surface area contributed by atoms with Gasteiger partial charge < -0.3 is 29.7 Å². The van der Waals surface area contributed by atoms with Crippen LogP contribution >= 0.6 is 0 Å². The summed E-state index contributed by atoms with van der Waals surface area (Å²) in [4.78, 5) is 11.2. The number of amides is 1. The van der Waals surface area contributed by atoms with Crippen molar-refractivity contribution in [3.05, 3.63) is 53.8 Å². The number of nitrogens with one attached hydrogen (secondary N) is 1. The lowest BCUT2D eigenvalue weighted by Crippen LogP contribution is -2.59. The number of halogens is 1. The maximum atomic E-state index is 13.9. The summed E-state index contributed by atoms with van der Waals surface area (Å²) < 4.78 is 31.1. The fraction of sp³-hybridized carbons (Fsp3) is 0.480. The zero-order valence-electron chi connectivity index (χ0n) is 19.2. The molecule has 0 aromatic heterocycles. The molecule has 0 spiro atoms. The van der Waals surface area contributed by atoms with Crippen molar-refractivity contribution in [1.29, 1.82) is 0 Å². The van der Waals surface area contributed by atoms with Gasteiger partial charge in [0.2, 0.25) is 12.2 Å². The second-order valence-corrected chi connectivity index (χ2v) is 8.19. The summed E-state index contributed by atoms with van der Waals surface area (Å²) in [6.07, 6.45) is -2.65. The van der Waals surface area contributed by atoms with E-state index in [0.29, 0.717) is 30.7 Å². The Morgan fingerprint density at radius 1 is 1.18 bits per heavy atom. The van der Waals surface area contributed by atoms with Gasteiger partial charge in [-0.15, -0.1) is 0 Å². The molecule has 1 saturated heterocycles. The van der Waals surface area contributed by atoms with Crippen LogP contribution in [0.1, 0.15) is 32.3 Å². The van der Waals surface area contributed by atoms with Crippen molar-refractivity contribution < 1.29 is 33.6 Å². The Labute approximate surface area is 193 Å². The van der Waals surface area contributed by atoms with E-state index in [-0.39, 0.29) is 11.7 Å². The van der Waals surface area contributed by atoms with Gasteiger partial charge in [-0.3, -0.25) is 4.79 Å². The molecule has 0 bridgehead atoms. The number of rotatable bonds is 9. The Morgan fingerprint density at radius 3 is 2.64 bits per heavy atom. The number of aliphatic hydroxyl groups excluding tert-OH is 2. The van der Waals surface area contributed by atoms with E-state index in [1.807, 2.05) is 13.0 Å². The van der Waals surface area contributed by atoms with Gasteiger partial charge in [0.05, 0.1) is 6.10 Å². The van der Waals surface area contributed by atoms with Gasteiger partial charge in [0, 0.05) is 20.6 Å². The predicted molar refractivity (Wildman–Crippen MR) is 121 cm³/mol. The normalized spacial score (nSPS) is 25.0. The Kier molecular flexibility index (Phi) is 8.80. The molecule has 0 radical (unpaired) electrons. The summed E-state index contributed by atoms with van der Waals surface area (Å²) in [7, 11) is 1.47. The van der Waals surface area contributed by atoms with Crippen molar-refractivity contribution in [2.45, 2.75) is 63.8 Å². The van der Waals surface area contributed by atoms with E-state index in [9.17, 15) is 19.4 Å². The van der Waals surface area contributed by atoms with E-state index in [1.165, 1.54) is 26.2 Å². The van der Waals surface area contributed by atoms with Crippen molar-refractivity contribution in [2.24, 2.45) is 0 Å². The van der Waals surface area contributed by atoms with Gasteiger partial charge in [-0.1, -0.05) is 31.5 Å². The maximum Gasteiger partial charge on any atom is 0.229 e. The molecular formula is C25H32FNO6. The van der Waals surface area contributed by atoms with Gasteiger partial charge in [0.15, 0.2) is 0 Å². The van der Waals surface area contributed by atoms with E-state index in [1.54, 1.807) is 24.3 Å². The number of carbonyl (C=O) groups excluding carboxylic acids is 1. The molecule has 0 unspecified atom stereocenters. The number of ether oxygens (including phenoxy) is 3. The minimum Gasteiger partial charge on any atom is -0.462 e. The first-order chi connectivity index (χ1) is 15.8. The molecule has 1 aliphatic rings. The highest BCUT2D eigenvalue weighted by molar-refractivity contribution is 5.73. The highest BCUT2D eigenvalue weighted by Crippen LogP contribution is 2.32. The first-order valence-electron chi connectivity index (χ1n) is 11.2. The van der Waals surface area contributed by atoms with Crippen molar-refractivity contribution in [3.8, 4) is 16.9 Å². The van der Waals surface area contributed by atoms with Crippen LogP contribution in [0.5, 0.6) is 5.75 Å². The fourth-order valence-electron chi connectivity index (χ4n) is 4.09. The van der Waals surface area contributed by atoms with Gasteiger partial charge in [-0.05, 0) is 53.8 Å². The number of aliphatic hydroxyl groups is 2. The molecule has 0 aliphatic carbocycles. The molecule has 180 valence electrons. The second-order valence-electron chi connectivity index (χ2n) is 8.19. The lowest BCUT2D eigenvalue weighted by molar-refractivity contribution is -0.277. The van der Waals surface area contributed by atoms with Gasteiger partial charge in [-0.2, -0.15) is 0 Å². The summed E-state index contributed by atoms with van der Waals surface area (Å²) in [5.41, 5.74) is 2.30. The number of hydrogen-bond donors (Lipinski definition) is 3. The average molecular weight is 462 g/mol. The number of methoxy groups -OCH3 is 1. The summed E-state index contributed by atoms with van der Waals surface area (Å²) >= 11 is 0. The van der Waals surface area contributed by atoms with Crippen LogP contribution < -0.4 is 10.1 Å². The van der Waals surface area contributed by atoms with Crippen molar-refractivity contribution in [1.82, 2.24) is 5.32 Å². The lowest BCUT2D eigenvalue weighted by atomic mass is 9.95. The van der Waals surface area contributed by atoms with Gasteiger partial charge in [-0.25, -0.2) is 4.39 Å². The third-order valence-electron chi connectivity index (χ3n) is 5.72. The molecule has 3 N–H and O–H groups in total. The molecule has 1 heterocycles. The van der Waals surface area contributed by atoms with Crippen LogP contribution in [0.15, 0.2) is 42.5 Å². The van der Waals surface area contributed by atoms with Gasteiger partial charge in [0.1, 0.15) is 29.9 Å². The quantitative estimate of drug-likeness (QED) is 0.531. The zero-order valence-corrected chi connectivity index (χ0v) is 19.2. The average Bonchev–Trinajstić information content (AvgIpc) is 2.78. The monoisotopic (exact) mass is 461 g/mol. The smallest absolute Gasteiger partial charge is 0.229 e. The third-order valence-corrected chi connectivity index (χ3v) is 5.72. The van der Waals surface area contributed by atoms with Crippen LogP contribution in [-0.2, 0) is 20.7 Å². The number of benzene rings is 2. The van der Waals surface area contributed by atoms with Crippen LogP contribution in [0.3, 0.4) is 0 Å². The van der Waals surface area contributed by atoms with Crippen molar-refractivity contribution >= 4 is 5.91 Å². The first kappa shape index (κ1) is 25.1. The van der Waals surface area contributed by atoms with Crippen LogP contribution in [0.2, 0.25) is 0 Å². The summed E-state index contributed by atoms with van der Waals surface area (Å²) in [5, 5.41) is 23.8. The fourth-order valence-corrected chi connectivity index (χ4v) is 4.09. The second kappa shape index (κ2) is 11.6. The third kappa shape index (κ3) is 6.29. The molecule has 2 aromatic carbocycles. The van der Waals surface area contributed by atoms with Gasteiger partial charge >= 0.3 is 0 Å². The standard InChI is InChI=1S/C25H32FNO6/c1-4-6-21-24(31-3)22(29)23(30)25(33-21)32-19-10-9-16(11-12-27-15(2)28)20(14-19)17-7-5-8-18(26)13-17/h5,7-10,13-14,21-25,29-30H,4,6,11-12H2,1-3H3,(H,27,28)/t21-,22+,23-,24+,25+/m1/s1. The molecule has 2 aromatic rings. The largest absolute Gasteiger partial charge is 0.462 e. The van der Waals surface area contributed by atoms with E-state index in [0.717, 1.165) is 17.5 Å². The SMILES string of the molecule is CCC[C@H]1O[C@H](Oc2ccc(CCNC(C)=O)c(-c3cccc(F)c3)c2)[C@H](O)[C@H](O)[C@H]1OC. The molecule has 1 amide bonds. The molecule has 5 atom stereocenters. The highest BCUT2D eigenvalue weighted by atomic mass is 19.1. The Balaban J connectivity index is 1.87. The van der Waals surface area contributed by atoms with Crippen molar-refractivity contribution in [2.75, 3.05) is 13.7 Å². The zero-order chi connectivity index (χ0) is 24.0. The van der Waals surface area contributed by atoms with Crippen LogP contribution in [-0.4, -0.2) is 60.5 Å². The summed E-state index contributed by atoms with van der Waals surface area (Å²) in [6, 6.07) is 11.5. The number of carbonyl (C=O) groups is 1. The maximum absolute atomic E-state index is 13.9. The Bertz CT molecular complexity index is 939. The molecule has 0 saturated carbocycles.